The SMILES string of the molecule is O=C(Nc1ccc(CNC(=O)c2cnc3ccccc3c2N2CCCC2)cc1)c1ccco1. The van der Waals surface area contributed by atoms with Gasteiger partial charge < -0.3 is 20.0 Å². The summed E-state index contributed by atoms with van der Waals surface area (Å²) in [5.41, 5.74) is 4.03. The molecule has 3 heterocycles. The normalized spacial score (nSPS) is 13.3. The first-order valence-electron chi connectivity index (χ1n) is 11.0. The molecule has 2 amide bonds. The molecule has 33 heavy (non-hydrogen) atoms. The second-order valence-electron chi connectivity index (χ2n) is 8.04. The quantitative estimate of drug-likeness (QED) is 0.457. The number of anilines is 2. The smallest absolute Gasteiger partial charge is 0.291 e. The molecule has 1 aliphatic rings. The van der Waals surface area contributed by atoms with Crippen LogP contribution in [0.1, 0.15) is 39.3 Å². The first kappa shape index (κ1) is 20.8. The fourth-order valence-electron chi connectivity index (χ4n) is 4.16. The van der Waals surface area contributed by atoms with Gasteiger partial charge in [-0.05, 0) is 48.7 Å². The molecular weight excluding hydrogens is 416 g/mol. The van der Waals surface area contributed by atoms with Gasteiger partial charge in [0, 0.05) is 36.9 Å². The van der Waals surface area contributed by atoms with Gasteiger partial charge in [-0.25, -0.2) is 0 Å². The zero-order chi connectivity index (χ0) is 22.6. The van der Waals surface area contributed by atoms with Gasteiger partial charge in [-0.15, -0.1) is 0 Å². The number of pyridine rings is 1. The Morgan fingerprint density at radius 3 is 2.48 bits per heavy atom. The van der Waals surface area contributed by atoms with Crippen LogP contribution in [-0.2, 0) is 6.54 Å². The highest BCUT2D eigenvalue weighted by molar-refractivity contribution is 6.07. The first-order chi connectivity index (χ1) is 16.2. The topological polar surface area (TPSA) is 87.5 Å². The van der Waals surface area contributed by atoms with E-state index in [0.29, 0.717) is 17.8 Å². The number of hydrogen-bond acceptors (Lipinski definition) is 5. The molecule has 2 aromatic heterocycles. The zero-order valence-electron chi connectivity index (χ0n) is 18.1. The highest BCUT2D eigenvalue weighted by Gasteiger charge is 2.22. The van der Waals surface area contributed by atoms with Crippen molar-refractivity contribution in [2.75, 3.05) is 23.3 Å². The van der Waals surface area contributed by atoms with Gasteiger partial charge in [0.2, 0.25) is 0 Å². The minimum Gasteiger partial charge on any atom is -0.459 e. The Morgan fingerprint density at radius 1 is 0.939 bits per heavy atom. The highest BCUT2D eigenvalue weighted by Crippen LogP contribution is 2.32. The number of carbonyl (C=O) groups is 2. The number of nitrogens with zero attached hydrogens (tertiary/aromatic N) is 2. The minimum absolute atomic E-state index is 0.148. The van der Waals surface area contributed by atoms with E-state index in [-0.39, 0.29) is 17.6 Å². The molecule has 0 radical (unpaired) electrons. The molecule has 1 aliphatic heterocycles. The Bertz CT molecular complexity index is 1280. The van der Waals surface area contributed by atoms with Crippen molar-refractivity contribution in [2.45, 2.75) is 19.4 Å². The maximum atomic E-state index is 13.1. The van der Waals surface area contributed by atoms with E-state index in [1.807, 2.05) is 36.4 Å². The minimum atomic E-state index is -0.306. The second-order valence-corrected chi connectivity index (χ2v) is 8.04. The third kappa shape index (κ3) is 4.43. The number of benzene rings is 2. The van der Waals surface area contributed by atoms with E-state index in [1.165, 1.54) is 6.26 Å². The van der Waals surface area contributed by atoms with Crippen LogP contribution in [0.25, 0.3) is 10.9 Å². The average molecular weight is 441 g/mol. The number of carbonyl (C=O) groups excluding carboxylic acids is 2. The molecule has 7 heteroatoms. The molecule has 1 saturated heterocycles. The lowest BCUT2D eigenvalue weighted by molar-refractivity contribution is 0.0950. The summed E-state index contributed by atoms with van der Waals surface area (Å²) in [6.07, 6.45) is 5.39. The van der Waals surface area contributed by atoms with Crippen molar-refractivity contribution >= 4 is 34.1 Å². The summed E-state index contributed by atoms with van der Waals surface area (Å²) >= 11 is 0. The van der Waals surface area contributed by atoms with Crippen molar-refractivity contribution in [1.82, 2.24) is 10.3 Å². The van der Waals surface area contributed by atoms with Crippen LogP contribution in [0.15, 0.2) is 77.5 Å². The van der Waals surface area contributed by atoms with Crippen LogP contribution < -0.4 is 15.5 Å². The Balaban J connectivity index is 1.29. The van der Waals surface area contributed by atoms with E-state index >= 15 is 0 Å². The monoisotopic (exact) mass is 440 g/mol. The molecule has 2 N–H and O–H groups in total. The van der Waals surface area contributed by atoms with Crippen LogP contribution >= 0.6 is 0 Å². The van der Waals surface area contributed by atoms with Crippen molar-refractivity contribution in [2.24, 2.45) is 0 Å². The Morgan fingerprint density at radius 2 is 1.73 bits per heavy atom. The van der Waals surface area contributed by atoms with Crippen molar-refractivity contribution in [3.63, 3.8) is 0 Å². The average Bonchev–Trinajstić information content (AvgIpc) is 3.57. The number of furan rings is 1. The highest BCUT2D eigenvalue weighted by atomic mass is 16.3. The maximum absolute atomic E-state index is 13.1. The molecule has 0 atom stereocenters. The molecule has 4 aromatic rings. The lowest BCUT2D eigenvalue weighted by Crippen LogP contribution is -2.27. The van der Waals surface area contributed by atoms with Gasteiger partial charge in [-0.1, -0.05) is 30.3 Å². The molecule has 1 fully saturated rings. The van der Waals surface area contributed by atoms with Gasteiger partial charge in [0.05, 0.1) is 23.0 Å². The van der Waals surface area contributed by atoms with E-state index in [1.54, 1.807) is 30.5 Å². The lowest BCUT2D eigenvalue weighted by atomic mass is 10.1. The molecule has 7 nitrogen and oxygen atoms in total. The van der Waals surface area contributed by atoms with Gasteiger partial charge in [-0.2, -0.15) is 0 Å². The second kappa shape index (κ2) is 9.16. The van der Waals surface area contributed by atoms with Crippen LogP contribution in [0.5, 0.6) is 0 Å². The van der Waals surface area contributed by atoms with Crippen molar-refractivity contribution < 1.29 is 14.0 Å². The number of aromatic nitrogens is 1. The predicted molar refractivity (Wildman–Crippen MR) is 127 cm³/mol. The van der Waals surface area contributed by atoms with Gasteiger partial charge in [0.1, 0.15) is 0 Å². The maximum Gasteiger partial charge on any atom is 0.291 e. The first-order valence-corrected chi connectivity index (χ1v) is 11.0. The number of amides is 2. The summed E-state index contributed by atoms with van der Waals surface area (Å²) in [7, 11) is 0. The fourth-order valence-corrected chi connectivity index (χ4v) is 4.16. The third-order valence-electron chi connectivity index (χ3n) is 5.82. The summed E-state index contributed by atoms with van der Waals surface area (Å²) in [4.78, 5) is 32.0. The molecule has 166 valence electrons. The third-order valence-corrected chi connectivity index (χ3v) is 5.82. The molecular formula is C26H24N4O3. The van der Waals surface area contributed by atoms with Crippen LogP contribution in [0.4, 0.5) is 11.4 Å². The van der Waals surface area contributed by atoms with E-state index in [4.69, 9.17) is 4.42 Å². The Hall–Kier alpha value is -4.13. The van der Waals surface area contributed by atoms with E-state index in [9.17, 15) is 9.59 Å². The standard InChI is InChI=1S/C26H24N4O3/c31-25(21-17-27-22-7-2-1-6-20(22)24(21)30-13-3-4-14-30)28-16-18-9-11-19(12-10-18)29-26(32)23-8-5-15-33-23/h1-2,5-12,15,17H,3-4,13-14,16H2,(H,28,31)(H,29,32). The number of nitrogens with one attached hydrogen (secondary N) is 2. The number of fused-ring (bicyclic) bond motifs is 1. The Labute approximate surface area is 191 Å². The van der Waals surface area contributed by atoms with Gasteiger partial charge in [0.25, 0.3) is 11.8 Å². The number of rotatable bonds is 6. The van der Waals surface area contributed by atoms with Gasteiger partial charge in [-0.3, -0.25) is 14.6 Å². The Kier molecular flexibility index (Phi) is 5.76. The van der Waals surface area contributed by atoms with Gasteiger partial charge >= 0.3 is 0 Å². The number of para-hydroxylation sites is 1. The van der Waals surface area contributed by atoms with Crippen LogP contribution in [-0.4, -0.2) is 29.9 Å². The van der Waals surface area contributed by atoms with E-state index in [2.05, 4.69) is 20.5 Å². The molecule has 0 bridgehead atoms. The summed E-state index contributed by atoms with van der Waals surface area (Å²) < 4.78 is 5.10. The molecule has 0 aliphatic carbocycles. The largest absolute Gasteiger partial charge is 0.459 e. The van der Waals surface area contributed by atoms with Crippen LogP contribution in [0.2, 0.25) is 0 Å². The summed E-state index contributed by atoms with van der Waals surface area (Å²) in [5.74, 6) is -0.200. The summed E-state index contributed by atoms with van der Waals surface area (Å²) in [6, 6.07) is 18.6. The van der Waals surface area contributed by atoms with Crippen molar-refractivity contribution in [3.8, 4) is 0 Å². The van der Waals surface area contributed by atoms with Gasteiger partial charge in [0.15, 0.2) is 5.76 Å². The van der Waals surface area contributed by atoms with Crippen LogP contribution in [0, 0.1) is 0 Å². The molecule has 0 unspecified atom stereocenters. The van der Waals surface area contributed by atoms with E-state index < -0.39 is 0 Å². The summed E-state index contributed by atoms with van der Waals surface area (Å²) in [6.45, 7) is 2.26. The van der Waals surface area contributed by atoms with E-state index in [0.717, 1.165) is 48.1 Å². The molecule has 2 aromatic carbocycles. The predicted octanol–water partition coefficient (Wildman–Crippen LogP) is 4.61. The number of hydrogen-bond donors (Lipinski definition) is 2. The zero-order valence-corrected chi connectivity index (χ0v) is 18.1. The molecule has 5 rings (SSSR count). The molecule has 0 spiro atoms. The molecule has 0 saturated carbocycles. The van der Waals surface area contributed by atoms with Crippen LogP contribution in [0.3, 0.4) is 0 Å². The summed E-state index contributed by atoms with van der Waals surface area (Å²) in [5, 5.41) is 6.81. The fraction of sp³-hybridized carbons (Fsp3) is 0.192. The van der Waals surface area contributed by atoms with Crippen molar-refractivity contribution in [3.05, 3.63) is 90.0 Å². The lowest BCUT2D eigenvalue weighted by Gasteiger charge is -2.23. The van der Waals surface area contributed by atoms with Crippen molar-refractivity contribution in [1.29, 1.82) is 0 Å².